The lowest BCUT2D eigenvalue weighted by Crippen LogP contribution is -2.34. The largest absolute Gasteiger partial charge is 0.493 e. The van der Waals surface area contributed by atoms with Gasteiger partial charge in [0.1, 0.15) is 5.76 Å². The molecular formula is C17H20BrNO4. The molecule has 2 rings (SSSR count). The van der Waals surface area contributed by atoms with E-state index in [0.717, 1.165) is 5.76 Å². The van der Waals surface area contributed by atoms with Gasteiger partial charge in [0.15, 0.2) is 11.5 Å². The minimum Gasteiger partial charge on any atom is -0.493 e. The van der Waals surface area contributed by atoms with Crippen LogP contribution >= 0.6 is 15.9 Å². The van der Waals surface area contributed by atoms with Gasteiger partial charge < -0.3 is 19.2 Å². The molecule has 1 unspecified atom stereocenters. The molecule has 0 bridgehead atoms. The van der Waals surface area contributed by atoms with E-state index in [1.54, 1.807) is 25.5 Å². The topological polar surface area (TPSA) is 60.7 Å². The third-order valence-corrected chi connectivity index (χ3v) is 3.83. The number of benzene rings is 1. The molecule has 1 aromatic heterocycles. The van der Waals surface area contributed by atoms with Gasteiger partial charge in [-0.05, 0) is 54.0 Å². The highest BCUT2D eigenvalue weighted by molar-refractivity contribution is 9.10. The minimum absolute atomic E-state index is 0.0509. The van der Waals surface area contributed by atoms with Crippen LogP contribution in [0.3, 0.4) is 0 Å². The van der Waals surface area contributed by atoms with Crippen LogP contribution in [0.25, 0.3) is 0 Å². The average molecular weight is 382 g/mol. The van der Waals surface area contributed by atoms with Crippen molar-refractivity contribution < 1.29 is 18.7 Å². The Morgan fingerprint density at radius 2 is 2.22 bits per heavy atom. The van der Waals surface area contributed by atoms with E-state index in [4.69, 9.17) is 13.9 Å². The van der Waals surface area contributed by atoms with Crippen molar-refractivity contribution in [2.75, 3.05) is 13.7 Å². The SMILES string of the molecule is CCOc1c(Br)cc(C(=O)NC(C)Cc2ccco2)cc1OC. The molecular weight excluding hydrogens is 362 g/mol. The van der Waals surface area contributed by atoms with Crippen LogP contribution in [0.2, 0.25) is 0 Å². The zero-order valence-corrected chi connectivity index (χ0v) is 15.0. The first-order chi connectivity index (χ1) is 11.0. The summed E-state index contributed by atoms with van der Waals surface area (Å²) in [7, 11) is 1.55. The highest BCUT2D eigenvalue weighted by Crippen LogP contribution is 2.36. The van der Waals surface area contributed by atoms with Gasteiger partial charge in [-0.15, -0.1) is 0 Å². The molecule has 0 spiro atoms. The maximum atomic E-state index is 12.4. The molecule has 6 heteroatoms. The Hall–Kier alpha value is -1.95. The van der Waals surface area contributed by atoms with Gasteiger partial charge in [0.2, 0.25) is 0 Å². The molecule has 1 N–H and O–H groups in total. The fourth-order valence-electron chi connectivity index (χ4n) is 2.22. The molecule has 1 amide bonds. The molecule has 1 heterocycles. The molecule has 23 heavy (non-hydrogen) atoms. The van der Waals surface area contributed by atoms with E-state index in [9.17, 15) is 4.79 Å². The van der Waals surface area contributed by atoms with E-state index in [1.807, 2.05) is 26.0 Å². The number of halogens is 1. The van der Waals surface area contributed by atoms with Crippen LogP contribution in [0.15, 0.2) is 39.4 Å². The quantitative estimate of drug-likeness (QED) is 0.791. The molecule has 124 valence electrons. The summed E-state index contributed by atoms with van der Waals surface area (Å²) in [6.07, 6.45) is 2.26. The van der Waals surface area contributed by atoms with Gasteiger partial charge in [-0.2, -0.15) is 0 Å². The number of rotatable bonds is 7. The Bertz CT molecular complexity index is 655. The number of ether oxygens (including phenoxy) is 2. The third-order valence-electron chi connectivity index (χ3n) is 3.25. The zero-order valence-electron chi connectivity index (χ0n) is 13.4. The summed E-state index contributed by atoms with van der Waals surface area (Å²) in [5.41, 5.74) is 0.503. The van der Waals surface area contributed by atoms with E-state index >= 15 is 0 Å². The summed E-state index contributed by atoms with van der Waals surface area (Å²) in [6, 6.07) is 7.06. The van der Waals surface area contributed by atoms with Gasteiger partial charge in [0.05, 0.1) is 24.5 Å². The molecule has 0 fully saturated rings. The molecule has 0 saturated heterocycles. The average Bonchev–Trinajstić information content (AvgIpc) is 3.01. The fourth-order valence-corrected chi connectivity index (χ4v) is 2.78. The van der Waals surface area contributed by atoms with E-state index in [0.29, 0.717) is 34.6 Å². The van der Waals surface area contributed by atoms with Gasteiger partial charge in [0.25, 0.3) is 5.91 Å². The molecule has 0 radical (unpaired) electrons. The third kappa shape index (κ3) is 4.51. The number of amides is 1. The highest BCUT2D eigenvalue weighted by atomic mass is 79.9. The van der Waals surface area contributed by atoms with Crippen molar-refractivity contribution in [1.29, 1.82) is 0 Å². The highest BCUT2D eigenvalue weighted by Gasteiger charge is 2.17. The van der Waals surface area contributed by atoms with Crippen LogP contribution in [0.1, 0.15) is 30.0 Å². The first kappa shape index (κ1) is 17.4. The van der Waals surface area contributed by atoms with Crippen LogP contribution in [0, 0.1) is 0 Å². The molecule has 1 aromatic carbocycles. The summed E-state index contributed by atoms with van der Waals surface area (Å²) < 4.78 is 16.8. The summed E-state index contributed by atoms with van der Waals surface area (Å²) in [5.74, 6) is 1.77. The van der Waals surface area contributed by atoms with Crippen LogP contribution < -0.4 is 14.8 Å². The van der Waals surface area contributed by atoms with Crippen molar-refractivity contribution in [3.63, 3.8) is 0 Å². The van der Waals surface area contributed by atoms with Crippen LogP contribution in [-0.4, -0.2) is 25.7 Å². The van der Waals surface area contributed by atoms with E-state index in [1.165, 1.54) is 0 Å². The Labute approximate surface area is 144 Å². The molecule has 1 atom stereocenters. The van der Waals surface area contributed by atoms with Crippen molar-refractivity contribution in [3.05, 3.63) is 46.3 Å². The predicted octanol–water partition coefficient (Wildman–Crippen LogP) is 3.81. The van der Waals surface area contributed by atoms with Crippen molar-refractivity contribution in [3.8, 4) is 11.5 Å². The van der Waals surface area contributed by atoms with E-state index < -0.39 is 0 Å². The van der Waals surface area contributed by atoms with Gasteiger partial charge in [-0.25, -0.2) is 0 Å². The second-order valence-corrected chi connectivity index (χ2v) is 5.93. The maximum absolute atomic E-state index is 12.4. The fraction of sp³-hybridized carbons (Fsp3) is 0.353. The molecule has 0 aliphatic carbocycles. The molecule has 5 nitrogen and oxygen atoms in total. The van der Waals surface area contributed by atoms with E-state index in [2.05, 4.69) is 21.2 Å². The van der Waals surface area contributed by atoms with Gasteiger partial charge in [-0.1, -0.05) is 0 Å². The van der Waals surface area contributed by atoms with Gasteiger partial charge in [-0.3, -0.25) is 4.79 Å². The molecule has 0 aliphatic heterocycles. The lowest BCUT2D eigenvalue weighted by Gasteiger charge is -2.15. The van der Waals surface area contributed by atoms with Gasteiger partial charge in [0, 0.05) is 18.0 Å². The second kappa shape index (κ2) is 8.06. The Kier molecular flexibility index (Phi) is 6.10. The summed E-state index contributed by atoms with van der Waals surface area (Å²) >= 11 is 3.42. The van der Waals surface area contributed by atoms with Gasteiger partial charge >= 0.3 is 0 Å². The monoisotopic (exact) mass is 381 g/mol. The second-order valence-electron chi connectivity index (χ2n) is 5.08. The lowest BCUT2D eigenvalue weighted by atomic mass is 10.1. The van der Waals surface area contributed by atoms with Crippen LogP contribution in [0.5, 0.6) is 11.5 Å². The summed E-state index contributed by atoms with van der Waals surface area (Å²) in [4.78, 5) is 12.4. The first-order valence-electron chi connectivity index (χ1n) is 7.38. The summed E-state index contributed by atoms with van der Waals surface area (Å²) in [5, 5.41) is 2.95. The number of furan rings is 1. The molecule has 2 aromatic rings. The lowest BCUT2D eigenvalue weighted by molar-refractivity contribution is 0.0939. The number of hydrogen-bond donors (Lipinski definition) is 1. The van der Waals surface area contributed by atoms with Crippen molar-refractivity contribution in [2.45, 2.75) is 26.3 Å². The number of hydrogen-bond acceptors (Lipinski definition) is 4. The Balaban J connectivity index is 2.11. The Morgan fingerprint density at radius 3 is 2.83 bits per heavy atom. The van der Waals surface area contributed by atoms with Crippen LogP contribution in [-0.2, 0) is 6.42 Å². The van der Waals surface area contributed by atoms with Crippen molar-refractivity contribution in [1.82, 2.24) is 5.32 Å². The molecule has 0 aliphatic rings. The van der Waals surface area contributed by atoms with E-state index in [-0.39, 0.29) is 11.9 Å². The van der Waals surface area contributed by atoms with Crippen molar-refractivity contribution >= 4 is 21.8 Å². The predicted molar refractivity (Wildman–Crippen MR) is 91.2 cm³/mol. The standard InChI is InChI=1S/C17H20BrNO4/c1-4-22-16-14(18)9-12(10-15(16)21-3)17(20)19-11(2)8-13-6-5-7-23-13/h5-7,9-11H,4,8H2,1-3H3,(H,19,20). The number of methoxy groups -OCH3 is 1. The zero-order chi connectivity index (χ0) is 16.8. The summed E-state index contributed by atoms with van der Waals surface area (Å²) in [6.45, 7) is 4.34. The maximum Gasteiger partial charge on any atom is 0.251 e. The van der Waals surface area contributed by atoms with Crippen molar-refractivity contribution in [2.24, 2.45) is 0 Å². The minimum atomic E-state index is -0.175. The first-order valence-corrected chi connectivity index (χ1v) is 8.18. The Morgan fingerprint density at radius 1 is 1.43 bits per heavy atom. The smallest absolute Gasteiger partial charge is 0.251 e. The number of carbonyl (C=O) groups is 1. The number of carbonyl (C=O) groups excluding carboxylic acids is 1. The number of nitrogens with one attached hydrogen (secondary N) is 1. The van der Waals surface area contributed by atoms with Crippen LogP contribution in [0.4, 0.5) is 0 Å². The molecule has 0 saturated carbocycles. The normalized spacial score (nSPS) is 11.8.